The molecule has 7 heteroatoms. The maximum Gasteiger partial charge on any atom is 0.343 e. The summed E-state index contributed by atoms with van der Waals surface area (Å²) < 4.78 is 27.8. The summed E-state index contributed by atoms with van der Waals surface area (Å²) in [6.45, 7) is 1.79. The zero-order valence-electron chi connectivity index (χ0n) is 12.1. The van der Waals surface area contributed by atoms with E-state index < -0.39 is 15.7 Å². The van der Waals surface area contributed by atoms with Crippen LogP contribution in [0, 0.1) is 6.92 Å². The molecule has 0 spiro atoms. The molecule has 0 unspecified atom stereocenters. The monoisotopic (exact) mass is 317 g/mol. The molecule has 0 amide bonds. The fraction of sp³-hybridized carbons (Fsp3) is 0.133. The average molecular weight is 317 g/mol. The highest BCUT2D eigenvalue weighted by Gasteiger charge is 2.24. The van der Waals surface area contributed by atoms with Crippen LogP contribution >= 0.6 is 0 Å². The molecule has 0 aliphatic carbocycles. The van der Waals surface area contributed by atoms with Gasteiger partial charge in [-0.2, -0.15) is 3.97 Å². The molecule has 0 fully saturated rings. The van der Waals surface area contributed by atoms with Gasteiger partial charge in [0, 0.05) is 12.7 Å². The topological polar surface area (TPSA) is 87.1 Å². The van der Waals surface area contributed by atoms with E-state index in [0.717, 1.165) is 9.54 Å². The van der Waals surface area contributed by atoms with E-state index in [9.17, 15) is 13.2 Å². The Morgan fingerprint density at radius 3 is 2.45 bits per heavy atom. The van der Waals surface area contributed by atoms with E-state index in [1.54, 1.807) is 31.2 Å². The van der Waals surface area contributed by atoms with Gasteiger partial charge in [0.05, 0.1) is 15.9 Å². The van der Waals surface area contributed by atoms with E-state index in [2.05, 4.69) is 0 Å². The highest BCUT2D eigenvalue weighted by Crippen LogP contribution is 2.21. The van der Waals surface area contributed by atoms with Crippen LogP contribution in [0.4, 0.5) is 5.69 Å². The molecular weight excluding hydrogens is 302 g/mol. The van der Waals surface area contributed by atoms with Gasteiger partial charge in [-0.3, -0.25) is 4.57 Å². The van der Waals surface area contributed by atoms with Gasteiger partial charge in [0.15, 0.2) is 0 Å². The third-order valence-corrected chi connectivity index (χ3v) is 5.25. The number of hydrogen-bond donors (Lipinski definition) is 1. The minimum Gasteiger partial charge on any atom is -0.399 e. The van der Waals surface area contributed by atoms with Crippen molar-refractivity contribution >= 4 is 26.7 Å². The largest absolute Gasteiger partial charge is 0.399 e. The molecule has 1 heterocycles. The van der Waals surface area contributed by atoms with Crippen molar-refractivity contribution < 1.29 is 8.42 Å². The molecule has 0 aliphatic heterocycles. The Morgan fingerprint density at radius 2 is 1.77 bits per heavy atom. The first-order chi connectivity index (χ1) is 10.3. The second kappa shape index (κ2) is 4.74. The van der Waals surface area contributed by atoms with Gasteiger partial charge in [0.25, 0.3) is 10.0 Å². The van der Waals surface area contributed by atoms with Crippen molar-refractivity contribution in [1.29, 1.82) is 0 Å². The van der Waals surface area contributed by atoms with Crippen LogP contribution in [0.15, 0.2) is 52.2 Å². The maximum atomic E-state index is 12.9. The third-order valence-electron chi connectivity index (χ3n) is 3.57. The van der Waals surface area contributed by atoms with Crippen LogP contribution in [0.25, 0.3) is 11.0 Å². The lowest BCUT2D eigenvalue weighted by atomic mass is 10.2. The number of imidazole rings is 1. The fourth-order valence-electron chi connectivity index (χ4n) is 2.44. The normalized spacial score (nSPS) is 11.9. The summed E-state index contributed by atoms with van der Waals surface area (Å²) in [5.41, 5.74) is 7.09. The maximum absolute atomic E-state index is 12.9. The zero-order chi connectivity index (χ0) is 16.1. The van der Waals surface area contributed by atoms with Crippen LogP contribution in [0.3, 0.4) is 0 Å². The Kier molecular flexibility index (Phi) is 3.10. The second-order valence-electron chi connectivity index (χ2n) is 5.18. The van der Waals surface area contributed by atoms with Crippen molar-refractivity contribution in [3.05, 3.63) is 58.5 Å². The van der Waals surface area contributed by atoms with Crippen LogP contribution in [0.2, 0.25) is 0 Å². The number of rotatable bonds is 2. The number of benzene rings is 2. The first-order valence-corrected chi connectivity index (χ1v) is 8.05. The SMILES string of the molecule is Cc1cccc(S(=O)(=O)n2c(=O)n(C)c3ccc(N)cc32)c1. The van der Waals surface area contributed by atoms with Crippen LogP contribution in [-0.4, -0.2) is 17.0 Å². The fourth-order valence-corrected chi connectivity index (χ4v) is 3.97. The van der Waals surface area contributed by atoms with Gasteiger partial charge in [-0.25, -0.2) is 13.2 Å². The standard InChI is InChI=1S/C15H15N3O3S/c1-10-4-3-5-12(8-10)22(20,21)18-14-9-11(16)6-7-13(14)17(2)15(18)19/h3-9H,16H2,1-2H3. The molecule has 6 nitrogen and oxygen atoms in total. The number of nitrogen functional groups attached to an aromatic ring is 1. The van der Waals surface area contributed by atoms with E-state index in [0.29, 0.717) is 11.2 Å². The molecule has 0 aliphatic rings. The van der Waals surface area contributed by atoms with E-state index >= 15 is 0 Å². The first-order valence-electron chi connectivity index (χ1n) is 6.61. The van der Waals surface area contributed by atoms with Gasteiger partial charge < -0.3 is 5.73 Å². The Labute approximate surface area is 127 Å². The summed E-state index contributed by atoms with van der Waals surface area (Å²) in [4.78, 5) is 12.5. The summed E-state index contributed by atoms with van der Waals surface area (Å²) in [5, 5.41) is 0. The molecule has 0 atom stereocenters. The van der Waals surface area contributed by atoms with Gasteiger partial charge >= 0.3 is 5.69 Å². The van der Waals surface area contributed by atoms with E-state index in [4.69, 9.17) is 5.73 Å². The van der Waals surface area contributed by atoms with E-state index in [-0.39, 0.29) is 10.4 Å². The molecule has 114 valence electrons. The molecule has 3 rings (SSSR count). The molecule has 0 bridgehead atoms. The molecule has 3 aromatic rings. The number of nitrogens with two attached hydrogens (primary N) is 1. The minimum absolute atomic E-state index is 0.0736. The summed E-state index contributed by atoms with van der Waals surface area (Å²) in [7, 11) is -2.46. The van der Waals surface area contributed by atoms with Crippen molar-refractivity contribution in [2.75, 3.05) is 5.73 Å². The predicted molar refractivity (Wildman–Crippen MR) is 85.4 cm³/mol. The average Bonchev–Trinajstić information content (AvgIpc) is 2.70. The molecule has 0 radical (unpaired) electrons. The molecular formula is C15H15N3O3S. The third kappa shape index (κ3) is 2.01. The zero-order valence-corrected chi connectivity index (χ0v) is 13.0. The Morgan fingerprint density at radius 1 is 1.05 bits per heavy atom. The highest BCUT2D eigenvalue weighted by molar-refractivity contribution is 7.90. The van der Waals surface area contributed by atoms with Gasteiger partial charge in [-0.1, -0.05) is 12.1 Å². The quantitative estimate of drug-likeness (QED) is 0.725. The minimum atomic E-state index is -3.99. The van der Waals surface area contributed by atoms with Crippen LogP contribution < -0.4 is 11.4 Å². The first kappa shape index (κ1) is 14.4. The van der Waals surface area contributed by atoms with Crippen molar-refractivity contribution in [1.82, 2.24) is 8.54 Å². The van der Waals surface area contributed by atoms with Crippen molar-refractivity contribution in [3.8, 4) is 0 Å². The predicted octanol–water partition coefficient (Wildman–Crippen LogP) is 1.47. The lowest BCUT2D eigenvalue weighted by Gasteiger charge is -2.06. The second-order valence-corrected chi connectivity index (χ2v) is 6.96. The summed E-state index contributed by atoms with van der Waals surface area (Å²) >= 11 is 0. The highest BCUT2D eigenvalue weighted by atomic mass is 32.2. The van der Waals surface area contributed by atoms with Crippen LogP contribution in [0.1, 0.15) is 5.56 Å². The lowest BCUT2D eigenvalue weighted by molar-refractivity contribution is 0.585. The van der Waals surface area contributed by atoms with Crippen LogP contribution in [0.5, 0.6) is 0 Å². The summed E-state index contributed by atoms with van der Waals surface area (Å²) in [6, 6.07) is 11.2. The van der Waals surface area contributed by atoms with Gasteiger partial charge in [-0.15, -0.1) is 0 Å². The number of aryl methyl sites for hydroxylation is 2. The smallest absolute Gasteiger partial charge is 0.343 e. The lowest BCUT2D eigenvalue weighted by Crippen LogP contribution is -2.28. The van der Waals surface area contributed by atoms with Crippen molar-refractivity contribution in [2.45, 2.75) is 11.8 Å². The molecule has 0 saturated carbocycles. The molecule has 22 heavy (non-hydrogen) atoms. The van der Waals surface area contributed by atoms with E-state index in [1.807, 2.05) is 0 Å². The number of nitrogens with zero attached hydrogens (tertiary/aromatic N) is 2. The molecule has 1 aromatic heterocycles. The number of aromatic nitrogens is 2. The molecule has 0 saturated heterocycles. The Bertz CT molecular complexity index is 1050. The van der Waals surface area contributed by atoms with Gasteiger partial charge in [0.2, 0.25) is 0 Å². The molecule has 2 aromatic carbocycles. The number of anilines is 1. The van der Waals surface area contributed by atoms with E-state index in [1.165, 1.54) is 29.8 Å². The van der Waals surface area contributed by atoms with Crippen molar-refractivity contribution in [3.63, 3.8) is 0 Å². The molecule has 2 N–H and O–H groups in total. The Balaban J connectivity index is 2.42. The Hall–Kier alpha value is -2.54. The number of hydrogen-bond acceptors (Lipinski definition) is 4. The van der Waals surface area contributed by atoms with Gasteiger partial charge in [-0.05, 0) is 42.8 Å². The summed E-state index contributed by atoms with van der Waals surface area (Å²) in [6.07, 6.45) is 0. The van der Waals surface area contributed by atoms with Crippen LogP contribution in [-0.2, 0) is 17.1 Å². The van der Waals surface area contributed by atoms with Gasteiger partial charge in [0.1, 0.15) is 0 Å². The number of fused-ring (bicyclic) bond motifs is 1. The van der Waals surface area contributed by atoms with Crippen molar-refractivity contribution in [2.24, 2.45) is 7.05 Å². The summed E-state index contributed by atoms with van der Waals surface area (Å²) in [5.74, 6) is 0.